The molecule has 3 N–H and O–H groups in total. The topological polar surface area (TPSA) is 102 Å². The number of nitrogens with two attached hydrogens (primary N) is 1. The first-order valence-electron chi connectivity index (χ1n) is 8.73. The Morgan fingerprint density at radius 3 is 2.43 bits per heavy atom. The third kappa shape index (κ3) is 4.58. The summed E-state index contributed by atoms with van der Waals surface area (Å²) in [5, 5.41) is 0. The van der Waals surface area contributed by atoms with E-state index < -0.39 is 23.1 Å². The molecule has 0 bridgehead atoms. The van der Waals surface area contributed by atoms with Crippen molar-refractivity contribution in [2.24, 2.45) is 0 Å². The molecule has 1 atom stereocenters. The van der Waals surface area contributed by atoms with Crippen molar-refractivity contribution < 1.29 is 27.4 Å². The van der Waals surface area contributed by atoms with Gasteiger partial charge in [0.15, 0.2) is 5.75 Å². The first kappa shape index (κ1) is 21.3. The maximum absolute atomic E-state index is 13.5. The molecule has 0 saturated carbocycles. The summed E-state index contributed by atoms with van der Waals surface area (Å²) in [4.78, 5) is 12.4. The lowest BCUT2D eigenvalue weighted by Gasteiger charge is -2.23. The van der Waals surface area contributed by atoms with Gasteiger partial charge >= 0.3 is 5.97 Å². The van der Waals surface area contributed by atoms with Gasteiger partial charge in [-0.2, -0.15) is 0 Å². The molecule has 3 aromatic carbocycles. The van der Waals surface area contributed by atoms with Crippen LogP contribution in [0.25, 0.3) is 0 Å². The molecule has 1 unspecified atom stereocenters. The number of benzene rings is 3. The van der Waals surface area contributed by atoms with Gasteiger partial charge in [0.2, 0.25) is 0 Å². The normalized spacial score (nSPS) is 11.6. The van der Waals surface area contributed by atoms with E-state index in [4.69, 9.17) is 15.2 Å². The standard InChI is InChI=1S/C21H19FN2O5S/c1-13-3-6-15(7-4-13)24(30(26)27)19-10-8-16(12-17(19)21(25)28-2)29-20-11-14(22)5-9-18(20)23/h3-12H,23H2,1-2H3,(H,26,27). The molecule has 30 heavy (non-hydrogen) atoms. The number of hydrogen-bond donors (Lipinski definition) is 2. The van der Waals surface area contributed by atoms with Gasteiger partial charge in [0.05, 0.1) is 29.7 Å². The molecule has 0 aliphatic carbocycles. The number of ether oxygens (including phenoxy) is 2. The van der Waals surface area contributed by atoms with Gasteiger partial charge in [-0.05, 0) is 49.4 Å². The Morgan fingerprint density at radius 1 is 1.10 bits per heavy atom. The number of esters is 1. The molecule has 0 aromatic heterocycles. The number of carbonyl (C=O) groups excluding carboxylic acids is 1. The van der Waals surface area contributed by atoms with Crippen LogP contribution in [-0.4, -0.2) is 21.8 Å². The van der Waals surface area contributed by atoms with E-state index in [0.717, 1.165) is 15.9 Å². The van der Waals surface area contributed by atoms with E-state index in [0.29, 0.717) is 5.69 Å². The van der Waals surface area contributed by atoms with Crippen molar-refractivity contribution in [2.75, 3.05) is 17.1 Å². The third-order valence-electron chi connectivity index (χ3n) is 4.22. The molecule has 0 heterocycles. The van der Waals surface area contributed by atoms with Crippen molar-refractivity contribution in [1.82, 2.24) is 0 Å². The summed E-state index contributed by atoms with van der Waals surface area (Å²) in [7, 11) is 1.19. The van der Waals surface area contributed by atoms with E-state index in [2.05, 4.69) is 0 Å². The minimum Gasteiger partial charge on any atom is -0.465 e. The van der Waals surface area contributed by atoms with Crippen LogP contribution in [-0.2, 0) is 16.0 Å². The van der Waals surface area contributed by atoms with E-state index in [-0.39, 0.29) is 28.4 Å². The minimum absolute atomic E-state index is 0.0204. The van der Waals surface area contributed by atoms with Gasteiger partial charge in [-0.3, -0.25) is 4.55 Å². The average Bonchev–Trinajstić information content (AvgIpc) is 2.72. The van der Waals surface area contributed by atoms with Crippen molar-refractivity contribution in [3.63, 3.8) is 0 Å². The Bertz CT molecular complexity index is 1110. The zero-order valence-electron chi connectivity index (χ0n) is 16.2. The number of anilines is 3. The lowest BCUT2D eigenvalue weighted by atomic mass is 10.1. The van der Waals surface area contributed by atoms with Crippen molar-refractivity contribution in [1.29, 1.82) is 0 Å². The molecule has 0 radical (unpaired) electrons. The number of rotatable bonds is 6. The fourth-order valence-corrected chi connectivity index (χ4v) is 3.38. The summed E-state index contributed by atoms with van der Waals surface area (Å²) in [6, 6.07) is 14.8. The van der Waals surface area contributed by atoms with Crippen LogP contribution in [0.5, 0.6) is 11.5 Å². The summed E-state index contributed by atoms with van der Waals surface area (Å²) in [5.74, 6) is -1.04. The number of halogens is 1. The molecule has 0 aliphatic heterocycles. The summed E-state index contributed by atoms with van der Waals surface area (Å²) in [6.07, 6.45) is 0. The van der Waals surface area contributed by atoms with E-state index in [1.54, 1.807) is 24.3 Å². The lowest BCUT2D eigenvalue weighted by molar-refractivity contribution is 0.0601. The van der Waals surface area contributed by atoms with Crippen LogP contribution in [0.2, 0.25) is 0 Å². The second-order valence-corrected chi connectivity index (χ2v) is 7.14. The highest BCUT2D eigenvalue weighted by molar-refractivity contribution is 7.81. The number of nitrogen functional groups attached to an aromatic ring is 1. The maximum Gasteiger partial charge on any atom is 0.340 e. The molecular formula is C21H19FN2O5S. The van der Waals surface area contributed by atoms with E-state index in [1.807, 2.05) is 6.92 Å². The monoisotopic (exact) mass is 430 g/mol. The van der Waals surface area contributed by atoms with Crippen molar-refractivity contribution in [3.05, 3.63) is 77.6 Å². The van der Waals surface area contributed by atoms with Gasteiger partial charge in [0, 0.05) is 6.07 Å². The van der Waals surface area contributed by atoms with Crippen LogP contribution in [0, 0.1) is 12.7 Å². The molecule has 0 saturated heterocycles. The summed E-state index contributed by atoms with van der Waals surface area (Å²) in [5.41, 5.74) is 7.48. The Labute approximate surface area is 175 Å². The fourth-order valence-electron chi connectivity index (χ4n) is 2.75. The van der Waals surface area contributed by atoms with E-state index in [1.165, 1.54) is 37.4 Å². The molecule has 3 rings (SSSR count). The van der Waals surface area contributed by atoms with Gasteiger partial charge in [0.25, 0.3) is 11.3 Å². The fraction of sp³-hybridized carbons (Fsp3) is 0.0952. The first-order chi connectivity index (χ1) is 14.3. The van der Waals surface area contributed by atoms with Crippen LogP contribution in [0.15, 0.2) is 60.7 Å². The smallest absolute Gasteiger partial charge is 0.340 e. The van der Waals surface area contributed by atoms with Gasteiger partial charge in [0.1, 0.15) is 11.6 Å². The van der Waals surface area contributed by atoms with Crippen LogP contribution in [0.1, 0.15) is 15.9 Å². The summed E-state index contributed by atoms with van der Waals surface area (Å²) < 4.78 is 47.0. The SMILES string of the molecule is COC(=O)c1cc(Oc2cc(F)ccc2N)ccc1N(c1ccc(C)cc1)S(=O)O. The van der Waals surface area contributed by atoms with Gasteiger partial charge in [-0.1, -0.05) is 17.7 Å². The van der Waals surface area contributed by atoms with Crippen LogP contribution >= 0.6 is 0 Å². The number of hydrogen-bond acceptors (Lipinski definition) is 5. The average molecular weight is 430 g/mol. The van der Waals surface area contributed by atoms with Gasteiger partial charge in [-0.15, -0.1) is 0 Å². The molecule has 9 heteroatoms. The number of carbonyl (C=O) groups is 1. The van der Waals surface area contributed by atoms with Crippen molar-refractivity contribution >= 4 is 34.3 Å². The van der Waals surface area contributed by atoms with Gasteiger partial charge in [-0.25, -0.2) is 17.7 Å². The Morgan fingerprint density at radius 2 is 1.80 bits per heavy atom. The highest BCUT2D eigenvalue weighted by Gasteiger charge is 2.23. The quantitative estimate of drug-likeness (QED) is 0.337. The first-order valence-corrected chi connectivity index (χ1v) is 9.79. The third-order valence-corrected chi connectivity index (χ3v) is 4.94. The van der Waals surface area contributed by atoms with Gasteiger partial charge < -0.3 is 15.2 Å². The highest BCUT2D eigenvalue weighted by Crippen LogP contribution is 2.35. The van der Waals surface area contributed by atoms with Crippen LogP contribution in [0.3, 0.4) is 0 Å². The highest BCUT2D eigenvalue weighted by atomic mass is 32.2. The zero-order chi connectivity index (χ0) is 21.8. The van der Waals surface area contributed by atoms with Crippen molar-refractivity contribution in [2.45, 2.75) is 6.92 Å². The molecule has 0 amide bonds. The Hall–Kier alpha value is -3.43. The summed E-state index contributed by atoms with van der Waals surface area (Å²) in [6.45, 7) is 1.88. The van der Waals surface area contributed by atoms with E-state index in [9.17, 15) is 17.9 Å². The maximum atomic E-state index is 13.5. The predicted molar refractivity (Wildman–Crippen MR) is 113 cm³/mol. The largest absolute Gasteiger partial charge is 0.465 e. The molecule has 7 nitrogen and oxygen atoms in total. The lowest BCUT2D eigenvalue weighted by Crippen LogP contribution is -2.22. The second kappa shape index (κ2) is 8.93. The number of methoxy groups -OCH3 is 1. The number of aryl methyl sites for hydroxylation is 1. The van der Waals surface area contributed by atoms with Crippen LogP contribution in [0.4, 0.5) is 21.5 Å². The Balaban J connectivity index is 2.08. The molecular weight excluding hydrogens is 411 g/mol. The summed E-state index contributed by atoms with van der Waals surface area (Å²) >= 11 is -2.48. The Kier molecular flexibility index (Phi) is 6.34. The molecule has 156 valence electrons. The second-order valence-electron chi connectivity index (χ2n) is 6.32. The molecule has 3 aromatic rings. The molecule has 0 fully saturated rings. The minimum atomic E-state index is -2.48. The zero-order valence-corrected chi connectivity index (χ0v) is 17.0. The van der Waals surface area contributed by atoms with Crippen LogP contribution < -0.4 is 14.8 Å². The van der Waals surface area contributed by atoms with Crippen molar-refractivity contribution in [3.8, 4) is 11.5 Å². The van der Waals surface area contributed by atoms with E-state index >= 15 is 0 Å². The predicted octanol–water partition coefficient (Wildman–Crippen LogP) is 4.57. The number of nitrogens with zero attached hydrogens (tertiary/aromatic N) is 1. The molecule has 0 spiro atoms. The molecule has 0 aliphatic rings.